The molecule has 0 radical (unpaired) electrons. The maximum Gasteiger partial charge on any atom is 0.263 e. The van der Waals surface area contributed by atoms with Crippen LogP contribution in [-0.2, 0) is 7.05 Å². The monoisotopic (exact) mass is 412 g/mol. The Kier molecular flexibility index (Phi) is 4.85. The highest BCUT2D eigenvalue weighted by Crippen LogP contribution is 2.34. The first-order valence-electron chi connectivity index (χ1n) is 8.50. The summed E-state index contributed by atoms with van der Waals surface area (Å²) in [6, 6.07) is 10.8. The van der Waals surface area contributed by atoms with Crippen LogP contribution in [0.15, 0.2) is 42.5 Å². The van der Waals surface area contributed by atoms with Gasteiger partial charge in [0, 0.05) is 5.56 Å². The molecule has 1 amide bonds. The Labute approximate surface area is 168 Å². The summed E-state index contributed by atoms with van der Waals surface area (Å²) >= 11 is 1.21. The van der Waals surface area contributed by atoms with E-state index in [4.69, 9.17) is 0 Å². The largest absolute Gasteiger partial charge is 0.298 e. The van der Waals surface area contributed by atoms with Gasteiger partial charge in [-0.2, -0.15) is 4.80 Å². The van der Waals surface area contributed by atoms with Gasteiger partial charge in [-0.15, -0.1) is 10.2 Å². The second kappa shape index (κ2) is 7.47. The topological polar surface area (TPSA) is 85.6 Å². The predicted octanol–water partition coefficient (Wildman–Crippen LogP) is 3.84. The molecule has 4 rings (SSSR count). The number of anilines is 1. The van der Waals surface area contributed by atoms with E-state index in [1.165, 1.54) is 22.2 Å². The highest BCUT2D eigenvalue weighted by atomic mass is 32.1. The van der Waals surface area contributed by atoms with Gasteiger partial charge in [0.05, 0.1) is 17.6 Å². The van der Waals surface area contributed by atoms with Crippen LogP contribution in [-0.4, -0.2) is 31.1 Å². The number of benzene rings is 2. The van der Waals surface area contributed by atoms with Gasteiger partial charge >= 0.3 is 0 Å². The molecule has 10 heteroatoms. The lowest BCUT2D eigenvalue weighted by Gasteiger charge is -2.04. The van der Waals surface area contributed by atoms with Crippen LogP contribution < -0.4 is 5.32 Å². The van der Waals surface area contributed by atoms with Crippen molar-refractivity contribution in [1.82, 2.24) is 25.2 Å². The molecule has 2 heterocycles. The molecule has 29 heavy (non-hydrogen) atoms. The minimum atomic E-state index is -0.930. The highest BCUT2D eigenvalue weighted by Gasteiger charge is 2.19. The molecule has 0 atom stereocenters. The first-order valence-corrected chi connectivity index (χ1v) is 9.31. The normalized spacial score (nSPS) is 10.9. The van der Waals surface area contributed by atoms with Crippen molar-refractivity contribution in [2.24, 2.45) is 7.05 Å². The van der Waals surface area contributed by atoms with Gasteiger partial charge < -0.3 is 0 Å². The number of aromatic nitrogens is 5. The summed E-state index contributed by atoms with van der Waals surface area (Å²) in [5.74, 6) is -2.26. The lowest BCUT2D eigenvalue weighted by atomic mass is 10.1. The van der Waals surface area contributed by atoms with Crippen molar-refractivity contribution in [3.05, 3.63) is 65.4 Å². The van der Waals surface area contributed by atoms with Crippen LogP contribution in [0.4, 0.5) is 13.9 Å². The smallest absolute Gasteiger partial charge is 0.263 e. The number of thiazole rings is 1. The van der Waals surface area contributed by atoms with E-state index in [2.05, 4.69) is 25.7 Å². The van der Waals surface area contributed by atoms with E-state index in [9.17, 15) is 13.6 Å². The molecule has 0 fully saturated rings. The maximum absolute atomic E-state index is 13.8. The van der Waals surface area contributed by atoms with Crippen molar-refractivity contribution in [3.63, 3.8) is 0 Å². The number of carbonyl (C=O) groups excluding carboxylic acids is 1. The Hall–Kier alpha value is -3.53. The number of hydrogen-bond donors (Lipinski definition) is 1. The molecule has 0 aliphatic rings. The van der Waals surface area contributed by atoms with E-state index in [1.54, 1.807) is 14.0 Å². The standard InChI is InChI=1S/C19H14F2N6OS/c1-10-16(11-5-3-6-12(9-11)17-24-26-27(2)25-17)29-19(22-10)23-18(28)15-13(20)7-4-8-14(15)21/h3-9H,1-2H3,(H,22,23,28). The van der Waals surface area contributed by atoms with Gasteiger partial charge in [-0.05, 0) is 35.9 Å². The van der Waals surface area contributed by atoms with Gasteiger partial charge in [0.25, 0.3) is 5.91 Å². The minimum absolute atomic E-state index is 0.244. The molecule has 0 saturated heterocycles. The van der Waals surface area contributed by atoms with Gasteiger partial charge in [-0.25, -0.2) is 13.8 Å². The summed E-state index contributed by atoms with van der Waals surface area (Å²) in [4.78, 5) is 18.8. The van der Waals surface area contributed by atoms with Crippen molar-refractivity contribution in [1.29, 1.82) is 0 Å². The molecule has 2 aromatic heterocycles. The van der Waals surface area contributed by atoms with E-state index in [0.29, 0.717) is 11.5 Å². The highest BCUT2D eigenvalue weighted by molar-refractivity contribution is 7.19. The number of amides is 1. The molecule has 0 aliphatic carbocycles. The van der Waals surface area contributed by atoms with Gasteiger partial charge in [0.1, 0.15) is 17.2 Å². The predicted molar refractivity (Wildman–Crippen MR) is 104 cm³/mol. The molecule has 0 bridgehead atoms. The zero-order valence-electron chi connectivity index (χ0n) is 15.3. The Bertz CT molecular complexity index is 1200. The molecule has 4 aromatic rings. The van der Waals surface area contributed by atoms with Crippen molar-refractivity contribution in [2.45, 2.75) is 6.92 Å². The van der Waals surface area contributed by atoms with Crippen LogP contribution in [0.25, 0.3) is 21.8 Å². The fourth-order valence-electron chi connectivity index (χ4n) is 2.79. The number of nitrogens with zero attached hydrogens (tertiary/aromatic N) is 5. The molecule has 146 valence electrons. The zero-order chi connectivity index (χ0) is 20.5. The average Bonchev–Trinajstić information content (AvgIpc) is 3.27. The Balaban J connectivity index is 1.63. The number of hydrogen-bond acceptors (Lipinski definition) is 6. The molecular formula is C19H14F2N6OS. The number of rotatable bonds is 4. The minimum Gasteiger partial charge on any atom is -0.298 e. The quantitative estimate of drug-likeness (QED) is 0.550. The van der Waals surface area contributed by atoms with Crippen LogP contribution in [0.2, 0.25) is 0 Å². The Morgan fingerprint density at radius 1 is 1.10 bits per heavy atom. The van der Waals surface area contributed by atoms with Crippen molar-refractivity contribution in [3.8, 4) is 21.8 Å². The fourth-order valence-corrected chi connectivity index (χ4v) is 3.75. The summed E-state index contributed by atoms with van der Waals surface area (Å²) in [7, 11) is 1.68. The number of tetrazole rings is 1. The third-order valence-electron chi connectivity index (χ3n) is 4.10. The zero-order valence-corrected chi connectivity index (χ0v) is 16.2. The van der Waals surface area contributed by atoms with E-state index in [1.807, 2.05) is 24.3 Å². The summed E-state index contributed by atoms with van der Waals surface area (Å²) in [6.45, 7) is 1.79. The summed E-state index contributed by atoms with van der Waals surface area (Å²) in [5.41, 5.74) is 1.66. The third-order valence-corrected chi connectivity index (χ3v) is 5.22. The number of carbonyl (C=O) groups is 1. The summed E-state index contributed by atoms with van der Waals surface area (Å²) < 4.78 is 27.6. The van der Waals surface area contributed by atoms with Crippen molar-refractivity contribution >= 4 is 22.4 Å². The van der Waals surface area contributed by atoms with E-state index in [-0.39, 0.29) is 5.13 Å². The first-order chi connectivity index (χ1) is 13.9. The van der Waals surface area contributed by atoms with E-state index < -0.39 is 23.1 Å². The molecule has 1 N–H and O–H groups in total. The second-order valence-corrected chi connectivity index (χ2v) is 7.17. The van der Waals surface area contributed by atoms with Crippen LogP contribution in [0.1, 0.15) is 16.1 Å². The fraction of sp³-hybridized carbons (Fsp3) is 0.105. The first kappa shape index (κ1) is 18.8. The molecule has 0 aliphatic heterocycles. The van der Waals surface area contributed by atoms with Gasteiger partial charge in [0.15, 0.2) is 5.13 Å². The van der Waals surface area contributed by atoms with Crippen LogP contribution in [0, 0.1) is 18.6 Å². The molecule has 0 saturated carbocycles. The van der Waals surface area contributed by atoms with Crippen LogP contribution in [0.5, 0.6) is 0 Å². The number of nitrogens with one attached hydrogen (secondary N) is 1. The summed E-state index contributed by atoms with van der Waals surface area (Å²) in [6.07, 6.45) is 0. The van der Waals surface area contributed by atoms with Crippen molar-refractivity contribution < 1.29 is 13.6 Å². The van der Waals surface area contributed by atoms with E-state index >= 15 is 0 Å². The lowest BCUT2D eigenvalue weighted by molar-refractivity contribution is 0.101. The average molecular weight is 412 g/mol. The van der Waals surface area contributed by atoms with Crippen molar-refractivity contribution in [2.75, 3.05) is 5.32 Å². The molecule has 2 aromatic carbocycles. The number of halogens is 2. The third kappa shape index (κ3) is 3.74. The number of aryl methyl sites for hydroxylation is 2. The van der Waals surface area contributed by atoms with Gasteiger partial charge in [0.2, 0.25) is 5.82 Å². The Morgan fingerprint density at radius 2 is 1.79 bits per heavy atom. The van der Waals surface area contributed by atoms with E-state index in [0.717, 1.165) is 28.1 Å². The van der Waals surface area contributed by atoms with Gasteiger partial charge in [-0.1, -0.05) is 35.6 Å². The molecule has 0 unspecified atom stereocenters. The molecule has 7 nitrogen and oxygen atoms in total. The molecular weight excluding hydrogens is 398 g/mol. The lowest BCUT2D eigenvalue weighted by Crippen LogP contribution is -2.15. The molecule has 0 spiro atoms. The maximum atomic E-state index is 13.8. The summed E-state index contributed by atoms with van der Waals surface area (Å²) in [5, 5.41) is 14.7. The van der Waals surface area contributed by atoms with Gasteiger partial charge in [-0.3, -0.25) is 10.1 Å². The SMILES string of the molecule is Cc1nc(NC(=O)c2c(F)cccc2F)sc1-c1cccc(-c2nnn(C)n2)c1. The van der Waals surface area contributed by atoms with Crippen LogP contribution >= 0.6 is 11.3 Å². The van der Waals surface area contributed by atoms with Crippen LogP contribution in [0.3, 0.4) is 0 Å². The Morgan fingerprint density at radius 3 is 2.48 bits per heavy atom. The second-order valence-electron chi connectivity index (χ2n) is 6.17.